The summed E-state index contributed by atoms with van der Waals surface area (Å²) in [5, 5.41) is 1.12. The van der Waals surface area contributed by atoms with E-state index in [0.29, 0.717) is 22.6 Å². The molecule has 4 nitrogen and oxygen atoms in total. The van der Waals surface area contributed by atoms with Crippen LogP contribution in [0.25, 0.3) is 11.0 Å². The molecule has 1 aliphatic carbocycles. The van der Waals surface area contributed by atoms with E-state index in [4.69, 9.17) is 4.42 Å². The number of halogens is 1. The monoisotopic (exact) mass is 338 g/mol. The van der Waals surface area contributed by atoms with Gasteiger partial charge in [0.05, 0.1) is 5.33 Å². The van der Waals surface area contributed by atoms with E-state index in [2.05, 4.69) is 32.4 Å². The first-order valence-corrected chi connectivity index (χ1v) is 8.32. The molecule has 0 aromatic carbocycles. The van der Waals surface area contributed by atoms with Gasteiger partial charge in [0.2, 0.25) is 5.89 Å². The smallest absolute Gasteiger partial charge is 0.348 e. The summed E-state index contributed by atoms with van der Waals surface area (Å²) >= 11 is 3.32. The molecule has 0 aliphatic heterocycles. The number of hydrogen-bond donors (Lipinski definition) is 0. The number of rotatable bonds is 2. The second kappa shape index (κ2) is 5.35. The predicted molar refractivity (Wildman–Crippen MR) is 82.5 cm³/mol. The first-order valence-electron chi connectivity index (χ1n) is 7.20. The second-order valence-electron chi connectivity index (χ2n) is 5.60. The fraction of sp³-hybridized carbons (Fsp3) is 0.600. The maximum Gasteiger partial charge on any atom is 0.348 e. The van der Waals surface area contributed by atoms with Gasteiger partial charge in [0.25, 0.3) is 0 Å². The molecule has 0 radical (unpaired) electrons. The highest BCUT2D eigenvalue weighted by atomic mass is 79.9. The van der Waals surface area contributed by atoms with Gasteiger partial charge < -0.3 is 8.98 Å². The molecule has 2 aromatic rings. The Morgan fingerprint density at radius 1 is 1.30 bits per heavy atom. The van der Waals surface area contributed by atoms with E-state index in [1.807, 2.05) is 6.92 Å². The maximum absolute atomic E-state index is 12.2. The minimum Gasteiger partial charge on any atom is -0.407 e. The molecule has 1 aliphatic rings. The molecule has 0 bridgehead atoms. The third kappa shape index (κ3) is 2.12. The van der Waals surface area contributed by atoms with Gasteiger partial charge in [-0.05, 0) is 32.3 Å². The molecule has 0 unspecified atom stereocenters. The van der Waals surface area contributed by atoms with Crippen LogP contribution < -0.4 is 5.63 Å². The first kappa shape index (κ1) is 13.9. The van der Waals surface area contributed by atoms with Crippen LogP contribution in [0.1, 0.15) is 55.3 Å². The largest absolute Gasteiger partial charge is 0.407 e. The van der Waals surface area contributed by atoms with E-state index < -0.39 is 0 Å². The van der Waals surface area contributed by atoms with Crippen LogP contribution in [0.5, 0.6) is 0 Å². The van der Waals surface area contributed by atoms with Gasteiger partial charge in [-0.15, -0.1) is 0 Å². The van der Waals surface area contributed by atoms with Crippen LogP contribution in [-0.4, -0.2) is 9.55 Å². The van der Waals surface area contributed by atoms with Crippen molar-refractivity contribution in [1.82, 2.24) is 9.55 Å². The van der Waals surface area contributed by atoms with Crippen molar-refractivity contribution in [3.05, 3.63) is 27.6 Å². The fourth-order valence-corrected chi connectivity index (χ4v) is 3.54. The molecule has 0 spiro atoms. The van der Waals surface area contributed by atoms with Crippen molar-refractivity contribution < 1.29 is 4.42 Å². The molecule has 5 heteroatoms. The van der Waals surface area contributed by atoms with Crippen molar-refractivity contribution in [3.8, 4) is 0 Å². The van der Waals surface area contributed by atoms with Crippen LogP contribution in [0.3, 0.4) is 0 Å². The summed E-state index contributed by atoms with van der Waals surface area (Å²) in [6.45, 7) is 4.07. The lowest BCUT2D eigenvalue weighted by atomic mass is 9.95. The van der Waals surface area contributed by atoms with Gasteiger partial charge in [0.1, 0.15) is 5.39 Å². The summed E-state index contributed by atoms with van der Waals surface area (Å²) in [6, 6.07) is 0.470. The minimum absolute atomic E-state index is 0.264. The van der Waals surface area contributed by atoms with Gasteiger partial charge in [-0.3, -0.25) is 0 Å². The second-order valence-corrected chi connectivity index (χ2v) is 6.16. The summed E-state index contributed by atoms with van der Waals surface area (Å²) in [5.41, 5.74) is 2.70. The van der Waals surface area contributed by atoms with Crippen molar-refractivity contribution in [2.75, 3.05) is 0 Å². The number of aromatic nitrogens is 2. The normalized spacial score (nSPS) is 16.9. The van der Waals surface area contributed by atoms with E-state index >= 15 is 0 Å². The SMILES string of the molecule is Cc1c(C)n(C2CCCCC2)c2nc(CBr)oc(=O)c12. The van der Waals surface area contributed by atoms with Crippen LogP contribution in [0.15, 0.2) is 9.21 Å². The highest BCUT2D eigenvalue weighted by Gasteiger charge is 2.24. The predicted octanol–water partition coefficient (Wildman–Crippen LogP) is 4.01. The summed E-state index contributed by atoms with van der Waals surface area (Å²) < 4.78 is 7.52. The molecule has 3 rings (SSSR count). The highest BCUT2D eigenvalue weighted by molar-refractivity contribution is 9.08. The molecule has 0 amide bonds. The van der Waals surface area contributed by atoms with Crippen LogP contribution in [0, 0.1) is 13.8 Å². The average molecular weight is 339 g/mol. The number of alkyl halides is 1. The molecule has 1 saturated carbocycles. The summed E-state index contributed by atoms with van der Waals surface area (Å²) in [7, 11) is 0. The van der Waals surface area contributed by atoms with E-state index in [-0.39, 0.29) is 5.63 Å². The molecule has 0 N–H and O–H groups in total. The summed E-state index contributed by atoms with van der Waals surface area (Å²) in [4.78, 5) is 16.7. The maximum atomic E-state index is 12.2. The van der Waals surface area contributed by atoms with Gasteiger partial charge in [-0.25, -0.2) is 4.79 Å². The summed E-state index contributed by atoms with van der Waals surface area (Å²) in [5.74, 6) is 0.456. The average Bonchev–Trinajstić information content (AvgIpc) is 2.72. The molecule has 0 saturated heterocycles. The van der Waals surface area contributed by atoms with Gasteiger partial charge in [0, 0.05) is 11.7 Å². The number of fused-ring (bicyclic) bond motifs is 1. The molecular formula is C15H19BrN2O2. The van der Waals surface area contributed by atoms with Crippen molar-refractivity contribution >= 4 is 27.0 Å². The van der Waals surface area contributed by atoms with Crippen molar-refractivity contribution in [2.24, 2.45) is 0 Å². The van der Waals surface area contributed by atoms with E-state index in [1.165, 1.54) is 32.1 Å². The Labute approximate surface area is 126 Å². The van der Waals surface area contributed by atoms with Crippen molar-refractivity contribution in [1.29, 1.82) is 0 Å². The molecule has 20 heavy (non-hydrogen) atoms. The Kier molecular flexibility index (Phi) is 3.71. The standard InChI is InChI=1S/C15H19BrN2O2/c1-9-10(2)18(11-6-4-3-5-7-11)14-13(9)15(19)20-12(8-16)17-14/h11H,3-8H2,1-2H3. The highest BCUT2D eigenvalue weighted by Crippen LogP contribution is 2.34. The van der Waals surface area contributed by atoms with Crippen LogP contribution in [-0.2, 0) is 5.33 Å². The molecule has 0 atom stereocenters. The Morgan fingerprint density at radius 2 is 2.00 bits per heavy atom. The lowest BCUT2D eigenvalue weighted by Gasteiger charge is -2.25. The number of hydrogen-bond acceptors (Lipinski definition) is 3. The van der Waals surface area contributed by atoms with Crippen LogP contribution >= 0.6 is 15.9 Å². The van der Waals surface area contributed by atoms with Crippen LogP contribution in [0.2, 0.25) is 0 Å². The third-order valence-electron chi connectivity index (χ3n) is 4.43. The third-order valence-corrected chi connectivity index (χ3v) is 4.91. The summed E-state index contributed by atoms with van der Waals surface area (Å²) in [6.07, 6.45) is 6.19. The molecule has 1 fully saturated rings. The topological polar surface area (TPSA) is 48.0 Å². The zero-order valence-electron chi connectivity index (χ0n) is 11.9. The number of aryl methyl sites for hydroxylation is 1. The Bertz CT molecular complexity index is 696. The van der Waals surface area contributed by atoms with Crippen LogP contribution in [0.4, 0.5) is 0 Å². The van der Waals surface area contributed by atoms with E-state index in [1.54, 1.807) is 0 Å². The van der Waals surface area contributed by atoms with Gasteiger partial charge in [0.15, 0.2) is 5.65 Å². The molecule has 2 aromatic heterocycles. The Morgan fingerprint density at radius 3 is 2.65 bits per heavy atom. The molecule has 108 valence electrons. The quantitative estimate of drug-likeness (QED) is 0.777. The zero-order valence-corrected chi connectivity index (χ0v) is 13.5. The van der Waals surface area contributed by atoms with Gasteiger partial charge >= 0.3 is 5.63 Å². The molecule has 2 heterocycles. The first-order chi connectivity index (χ1) is 9.63. The Balaban J connectivity index is 2.27. The van der Waals surface area contributed by atoms with E-state index in [9.17, 15) is 4.79 Å². The number of nitrogens with zero attached hydrogens (tertiary/aromatic N) is 2. The Hall–Kier alpha value is -1.10. The van der Waals surface area contributed by atoms with Gasteiger partial charge in [-0.2, -0.15) is 4.98 Å². The van der Waals surface area contributed by atoms with Crippen molar-refractivity contribution in [2.45, 2.75) is 57.3 Å². The van der Waals surface area contributed by atoms with Gasteiger partial charge in [-0.1, -0.05) is 35.2 Å². The zero-order chi connectivity index (χ0) is 14.3. The minimum atomic E-state index is -0.264. The molecular weight excluding hydrogens is 320 g/mol. The lowest BCUT2D eigenvalue weighted by molar-refractivity contribution is 0.354. The fourth-order valence-electron chi connectivity index (χ4n) is 3.30. The lowest BCUT2D eigenvalue weighted by Crippen LogP contribution is -2.15. The van der Waals surface area contributed by atoms with Crippen molar-refractivity contribution in [3.63, 3.8) is 0 Å². The van der Waals surface area contributed by atoms with E-state index in [0.717, 1.165) is 16.9 Å².